The van der Waals surface area contributed by atoms with Crippen molar-refractivity contribution in [1.82, 2.24) is 0 Å². The van der Waals surface area contributed by atoms with Crippen LogP contribution in [0.25, 0.3) is 0 Å². The summed E-state index contributed by atoms with van der Waals surface area (Å²) in [5, 5.41) is 0. The van der Waals surface area contributed by atoms with Gasteiger partial charge in [-0.15, -0.1) is 0 Å². The summed E-state index contributed by atoms with van der Waals surface area (Å²) < 4.78 is 10.5. The summed E-state index contributed by atoms with van der Waals surface area (Å²) >= 11 is 0. The molecule has 0 heterocycles. The smallest absolute Gasteiger partial charge is 0.262 e. The summed E-state index contributed by atoms with van der Waals surface area (Å²) in [5.74, 6) is 1.07. The zero-order valence-corrected chi connectivity index (χ0v) is 12.5. The zero-order valence-electron chi connectivity index (χ0n) is 12.5. The highest BCUT2D eigenvalue weighted by Gasteiger charge is 2.20. The van der Waals surface area contributed by atoms with Crippen LogP contribution in [-0.2, 0) is 0 Å². The zero-order chi connectivity index (χ0) is 15.2. The van der Waals surface area contributed by atoms with E-state index in [0.29, 0.717) is 23.6 Å². The molecule has 0 aromatic heterocycles. The molecule has 0 saturated heterocycles. The van der Waals surface area contributed by atoms with Crippen molar-refractivity contribution in [3.63, 3.8) is 0 Å². The minimum Gasteiger partial charge on any atom is -0.497 e. The average molecular weight is 285 g/mol. The first-order valence-corrected chi connectivity index (χ1v) is 6.80. The summed E-state index contributed by atoms with van der Waals surface area (Å²) in [4.78, 5) is 14.5. The quantitative estimate of drug-likeness (QED) is 0.845. The van der Waals surface area contributed by atoms with Crippen molar-refractivity contribution in [3.05, 3.63) is 54.1 Å². The Morgan fingerprint density at radius 3 is 2.33 bits per heavy atom. The number of methoxy groups -OCH3 is 2. The minimum atomic E-state index is -0.0943. The van der Waals surface area contributed by atoms with Crippen LogP contribution in [0.2, 0.25) is 0 Å². The molecule has 4 heteroatoms. The van der Waals surface area contributed by atoms with Crippen molar-refractivity contribution in [2.24, 2.45) is 0 Å². The van der Waals surface area contributed by atoms with E-state index in [1.54, 1.807) is 37.3 Å². The van der Waals surface area contributed by atoms with Crippen LogP contribution >= 0.6 is 0 Å². The van der Waals surface area contributed by atoms with Gasteiger partial charge in [-0.2, -0.15) is 0 Å². The molecule has 0 aliphatic rings. The fourth-order valence-electron chi connectivity index (χ4n) is 2.17. The average Bonchev–Trinajstić information content (AvgIpc) is 2.55. The molecule has 0 atom stereocenters. The molecular weight excluding hydrogens is 266 g/mol. The molecule has 0 spiro atoms. The molecule has 0 bridgehead atoms. The Balaban J connectivity index is 2.38. The summed E-state index contributed by atoms with van der Waals surface area (Å²) in [6.07, 6.45) is 0. The molecule has 0 aliphatic heterocycles. The highest BCUT2D eigenvalue weighted by Crippen LogP contribution is 2.27. The standard InChI is InChI=1S/C17H19NO3/c1-4-18(13-8-6-5-7-9-13)17(19)15-11-10-14(20-2)12-16(15)21-3/h5-12H,4H2,1-3H3. The van der Waals surface area contributed by atoms with Crippen molar-refractivity contribution in [2.75, 3.05) is 25.7 Å². The number of nitrogens with zero attached hydrogens (tertiary/aromatic N) is 1. The Morgan fingerprint density at radius 1 is 1.05 bits per heavy atom. The lowest BCUT2D eigenvalue weighted by molar-refractivity contribution is 0.0985. The van der Waals surface area contributed by atoms with Gasteiger partial charge in [0.2, 0.25) is 0 Å². The van der Waals surface area contributed by atoms with E-state index >= 15 is 0 Å². The molecule has 1 amide bonds. The number of carbonyl (C=O) groups excluding carboxylic acids is 1. The summed E-state index contributed by atoms with van der Waals surface area (Å²) in [6, 6.07) is 14.8. The predicted molar refractivity (Wildman–Crippen MR) is 83.3 cm³/mol. The van der Waals surface area contributed by atoms with Crippen LogP contribution in [0.5, 0.6) is 11.5 Å². The molecule has 0 aliphatic carbocycles. The van der Waals surface area contributed by atoms with Gasteiger partial charge in [0.1, 0.15) is 11.5 Å². The maximum atomic E-state index is 12.8. The van der Waals surface area contributed by atoms with E-state index in [1.807, 2.05) is 37.3 Å². The van der Waals surface area contributed by atoms with E-state index in [2.05, 4.69) is 0 Å². The highest BCUT2D eigenvalue weighted by atomic mass is 16.5. The van der Waals surface area contributed by atoms with E-state index < -0.39 is 0 Å². The second kappa shape index (κ2) is 6.79. The van der Waals surface area contributed by atoms with Gasteiger partial charge in [-0.25, -0.2) is 0 Å². The van der Waals surface area contributed by atoms with E-state index in [0.717, 1.165) is 5.69 Å². The number of para-hydroxylation sites is 1. The van der Waals surface area contributed by atoms with Gasteiger partial charge in [-0.1, -0.05) is 18.2 Å². The van der Waals surface area contributed by atoms with Gasteiger partial charge in [0.25, 0.3) is 5.91 Å². The topological polar surface area (TPSA) is 38.8 Å². The van der Waals surface area contributed by atoms with Crippen molar-refractivity contribution in [2.45, 2.75) is 6.92 Å². The monoisotopic (exact) mass is 285 g/mol. The van der Waals surface area contributed by atoms with Crippen molar-refractivity contribution >= 4 is 11.6 Å². The molecule has 110 valence electrons. The van der Waals surface area contributed by atoms with Gasteiger partial charge in [0, 0.05) is 18.3 Å². The normalized spacial score (nSPS) is 10.0. The summed E-state index contributed by atoms with van der Waals surface area (Å²) in [7, 11) is 3.13. The van der Waals surface area contributed by atoms with Crippen molar-refractivity contribution < 1.29 is 14.3 Å². The van der Waals surface area contributed by atoms with Crippen LogP contribution in [-0.4, -0.2) is 26.7 Å². The van der Waals surface area contributed by atoms with Gasteiger partial charge in [-0.05, 0) is 31.2 Å². The first kappa shape index (κ1) is 14.9. The molecule has 2 aromatic carbocycles. The van der Waals surface area contributed by atoms with Gasteiger partial charge in [0.05, 0.1) is 19.8 Å². The number of benzene rings is 2. The van der Waals surface area contributed by atoms with Gasteiger partial charge in [-0.3, -0.25) is 4.79 Å². The SMILES string of the molecule is CCN(C(=O)c1ccc(OC)cc1OC)c1ccccc1. The van der Waals surface area contributed by atoms with Crippen LogP contribution in [0.15, 0.2) is 48.5 Å². The maximum absolute atomic E-state index is 12.8. The molecule has 2 aromatic rings. The molecule has 0 saturated carbocycles. The second-order valence-electron chi connectivity index (χ2n) is 4.45. The summed E-state index contributed by atoms with van der Waals surface area (Å²) in [5.41, 5.74) is 1.38. The molecule has 0 radical (unpaired) electrons. The minimum absolute atomic E-state index is 0.0943. The maximum Gasteiger partial charge on any atom is 0.262 e. The van der Waals surface area contributed by atoms with E-state index in [1.165, 1.54) is 0 Å². The number of anilines is 1. The molecular formula is C17H19NO3. The van der Waals surface area contributed by atoms with Crippen LogP contribution in [0.4, 0.5) is 5.69 Å². The fraction of sp³-hybridized carbons (Fsp3) is 0.235. The third-order valence-electron chi connectivity index (χ3n) is 3.27. The van der Waals surface area contributed by atoms with Gasteiger partial charge < -0.3 is 14.4 Å². The van der Waals surface area contributed by atoms with Crippen molar-refractivity contribution in [1.29, 1.82) is 0 Å². The molecule has 0 N–H and O–H groups in total. The predicted octanol–water partition coefficient (Wildman–Crippen LogP) is 3.37. The van der Waals surface area contributed by atoms with Gasteiger partial charge >= 0.3 is 0 Å². The third-order valence-corrected chi connectivity index (χ3v) is 3.27. The van der Waals surface area contributed by atoms with E-state index in [9.17, 15) is 4.79 Å². The van der Waals surface area contributed by atoms with Crippen molar-refractivity contribution in [3.8, 4) is 11.5 Å². The molecule has 0 unspecified atom stereocenters. The first-order valence-electron chi connectivity index (χ1n) is 6.80. The second-order valence-corrected chi connectivity index (χ2v) is 4.45. The lowest BCUT2D eigenvalue weighted by Crippen LogP contribution is -2.30. The molecule has 2 rings (SSSR count). The van der Waals surface area contributed by atoms with Crippen LogP contribution < -0.4 is 14.4 Å². The van der Waals surface area contributed by atoms with Gasteiger partial charge in [0.15, 0.2) is 0 Å². The highest BCUT2D eigenvalue weighted by molar-refractivity contribution is 6.08. The van der Waals surface area contributed by atoms with Crippen LogP contribution in [0, 0.1) is 0 Å². The lowest BCUT2D eigenvalue weighted by atomic mass is 10.1. The Kier molecular flexibility index (Phi) is 4.82. The van der Waals surface area contributed by atoms with Crippen LogP contribution in [0.3, 0.4) is 0 Å². The summed E-state index contributed by atoms with van der Waals surface area (Å²) in [6.45, 7) is 2.53. The van der Waals surface area contributed by atoms with E-state index in [-0.39, 0.29) is 5.91 Å². The number of ether oxygens (including phenoxy) is 2. The Morgan fingerprint density at radius 2 is 1.76 bits per heavy atom. The van der Waals surface area contributed by atoms with E-state index in [4.69, 9.17) is 9.47 Å². The molecule has 21 heavy (non-hydrogen) atoms. The Bertz CT molecular complexity index is 611. The number of hydrogen-bond acceptors (Lipinski definition) is 3. The van der Waals surface area contributed by atoms with Crippen LogP contribution in [0.1, 0.15) is 17.3 Å². The molecule has 4 nitrogen and oxygen atoms in total. The Labute approximate surface area is 124 Å². The number of carbonyl (C=O) groups is 1. The number of hydrogen-bond donors (Lipinski definition) is 0. The lowest BCUT2D eigenvalue weighted by Gasteiger charge is -2.22. The largest absolute Gasteiger partial charge is 0.497 e. The fourth-order valence-corrected chi connectivity index (χ4v) is 2.17. The first-order chi connectivity index (χ1) is 10.2. The Hall–Kier alpha value is -2.49. The number of amides is 1. The number of rotatable bonds is 5. The third kappa shape index (κ3) is 3.16. The molecule has 0 fully saturated rings.